The standard InChI is InChI=1S/C18H26N6O/c1-3-13-6-4-5-7-15(13)20-18-22-16(21-17(19)23-18)11-24-9-8-14(10-24)12(2)25/h4-7,12,14,25H,3,8-11H2,1-2H3,(H3,19,20,21,22,23). The van der Waals surface area contributed by atoms with Gasteiger partial charge in [-0.05, 0) is 43.9 Å². The second kappa shape index (κ2) is 7.76. The number of nitrogens with zero attached hydrogens (tertiary/aromatic N) is 4. The lowest BCUT2D eigenvalue weighted by atomic mass is 10.0. The third-order valence-corrected chi connectivity index (χ3v) is 4.70. The molecule has 3 rings (SSSR count). The molecule has 2 heterocycles. The monoisotopic (exact) mass is 342 g/mol. The quantitative estimate of drug-likeness (QED) is 0.738. The number of nitrogen functional groups attached to an aromatic ring is 1. The molecule has 25 heavy (non-hydrogen) atoms. The summed E-state index contributed by atoms with van der Waals surface area (Å²) in [5.74, 6) is 1.64. The molecule has 1 aromatic carbocycles. The SMILES string of the molecule is CCc1ccccc1Nc1nc(N)nc(CN2CCC(C(C)O)C2)n1. The number of rotatable bonds is 6. The summed E-state index contributed by atoms with van der Waals surface area (Å²) in [7, 11) is 0. The van der Waals surface area contributed by atoms with Gasteiger partial charge in [0.25, 0.3) is 0 Å². The number of aryl methyl sites for hydroxylation is 1. The maximum absolute atomic E-state index is 9.74. The highest BCUT2D eigenvalue weighted by molar-refractivity contribution is 5.58. The van der Waals surface area contributed by atoms with Gasteiger partial charge in [-0.25, -0.2) is 0 Å². The number of aliphatic hydroxyl groups is 1. The van der Waals surface area contributed by atoms with E-state index in [1.54, 1.807) is 0 Å². The third kappa shape index (κ3) is 4.43. The predicted molar refractivity (Wildman–Crippen MR) is 98.4 cm³/mol. The molecule has 0 radical (unpaired) electrons. The molecule has 134 valence electrons. The molecular weight excluding hydrogens is 316 g/mol. The fourth-order valence-corrected chi connectivity index (χ4v) is 3.24. The Labute approximate surface area is 148 Å². The van der Waals surface area contributed by atoms with Gasteiger partial charge in [-0.2, -0.15) is 15.0 Å². The van der Waals surface area contributed by atoms with Crippen LogP contribution in [0.4, 0.5) is 17.6 Å². The zero-order valence-corrected chi connectivity index (χ0v) is 14.8. The summed E-state index contributed by atoms with van der Waals surface area (Å²) in [6.07, 6.45) is 1.63. The van der Waals surface area contributed by atoms with Crippen molar-refractivity contribution in [3.63, 3.8) is 0 Å². The van der Waals surface area contributed by atoms with E-state index in [1.165, 1.54) is 5.56 Å². The Bertz CT molecular complexity index is 720. The van der Waals surface area contributed by atoms with E-state index in [-0.39, 0.29) is 12.1 Å². The highest BCUT2D eigenvalue weighted by atomic mass is 16.3. The van der Waals surface area contributed by atoms with Gasteiger partial charge >= 0.3 is 0 Å². The lowest BCUT2D eigenvalue weighted by Gasteiger charge is -2.17. The zero-order chi connectivity index (χ0) is 17.8. The van der Waals surface area contributed by atoms with Gasteiger partial charge in [-0.1, -0.05) is 25.1 Å². The number of hydrogen-bond acceptors (Lipinski definition) is 7. The number of hydrogen-bond donors (Lipinski definition) is 3. The van der Waals surface area contributed by atoms with Crippen LogP contribution in [-0.2, 0) is 13.0 Å². The van der Waals surface area contributed by atoms with E-state index in [0.717, 1.165) is 31.6 Å². The van der Waals surface area contributed by atoms with Crippen LogP contribution in [0.2, 0.25) is 0 Å². The molecule has 2 atom stereocenters. The second-order valence-electron chi connectivity index (χ2n) is 6.59. The Morgan fingerprint density at radius 3 is 2.84 bits per heavy atom. The van der Waals surface area contributed by atoms with Crippen LogP contribution in [0, 0.1) is 5.92 Å². The largest absolute Gasteiger partial charge is 0.393 e. The first-order valence-corrected chi connectivity index (χ1v) is 8.81. The van der Waals surface area contributed by atoms with Gasteiger partial charge < -0.3 is 16.2 Å². The van der Waals surface area contributed by atoms with Crippen molar-refractivity contribution >= 4 is 17.6 Å². The molecular formula is C18H26N6O. The first kappa shape index (κ1) is 17.6. The molecule has 0 bridgehead atoms. The normalized spacial score (nSPS) is 19.1. The predicted octanol–water partition coefficient (Wildman–Crippen LogP) is 1.96. The van der Waals surface area contributed by atoms with Gasteiger partial charge in [0.15, 0.2) is 0 Å². The van der Waals surface area contributed by atoms with E-state index < -0.39 is 0 Å². The summed E-state index contributed by atoms with van der Waals surface area (Å²) in [5, 5.41) is 13.0. The van der Waals surface area contributed by atoms with Crippen LogP contribution >= 0.6 is 0 Å². The number of para-hydroxylation sites is 1. The molecule has 2 aromatic rings. The molecule has 1 aromatic heterocycles. The van der Waals surface area contributed by atoms with Gasteiger partial charge in [0, 0.05) is 12.2 Å². The molecule has 1 aliphatic rings. The Morgan fingerprint density at radius 1 is 1.32 bits per heavy atom. The van der Waals surface area contributed by atoms with Crippen molar-refractivity contribution in [2.24, 2.45) is 5.92 Å². The highest BCUT2D eigenvalue weighted by Crippen LogP contribution is 2.22. The topological polar surface area (TPSA) is 100 Å². The molecule has 0 saturated carbocycles. The number of nitrogens with two attached hydrogens (primary N) is 1. The molecule has 2 unspecified atom stereocenters. The Hall–Kier alpha value is -2.25. The molecule has 1 fully saturated rings. The second-order valence-corrected chi connectivity index (χ2v) is 6.59. The van der Waals surface area contributed by atoms with Crippen LogP contribution in [-0.4, -0.2) is 44.2 Å². The Morgan fingerprint density at radius 2 is 2.12 bits per heavy atom. The summed E-state index contributed by atoms with van der Waals surface area (Å²) in [6.45, 7) is 6.36. The molecule has 1 saturated heterocycles. The molecule has 0 aliphatic carbocycles. The number of likely N-dealkylation sites (tertiary alicyclic amines) is 1. The Balaban J connectivity index is 1.73. The van der Waals surface area contributed by atoms with Crippen LogP contribution < -0.4 is 11.1 Å². The molecule has 7 nitrogen and oxygen atoms in total. The third-order valence-electron chi connectivity index (χ3n) is 4.70. The first-order chi connectivity index (χ1) is 12.0. The van der Waals surface area contributed by atoms with Crippen molar-refractivity contribution in [3.05, 3.63) is 35.7 Å². The number of anilines is 3. The van der Waals surface area contributed by atoms with Crippen LogP contribution in [0.5, 0.6) is 0 Å². The smallest absolute Gasteiger partial charge is 0.232 e. The van der Waals surface area contributed by atoms with Crippen molar-refractivity contribution in [1.82, 2.24) is 19.9 Å². The summed E-state index contributed by atoms with van der Waals surface area (Å²) in [5.41, 5.74) is 8.05. The average Bonchev–Trinajstić information content (AvgIpc) is 3.03. The lowest BCUT2D eigenvalue weighted by Crippen LogP contribution is -2.25. The minimum absolute atomic E-state index is 0.216. The van der Waals surface area contributed by atoms with Crippen LogP contribution in [0.1, 0.15) is 31.7 Å². The van der Waals surface area contributed by atoms with Crippen molar-refractivity contribution in [1.29, 1.82) is 0 Å². The van der Waals surface area contributed by atoms with Crippen LogP contribution in [0.15, 0.2) is 24.3 Å². The van der Waals surface area contributed by atoms with Gasteiger partial charge in [-0.15, -0.1) is 0 Å². The maximum Gasteiger partial charge on any atom is 0.232 e. The molecule has 0 amide bonds. The van der Waals surface area contributed by atoms with Gasteiger partial charge in [-0.3, -0.25) is 4.90 Å². The fourth-order valence-electron chi connectivity index (χ4n) is 3.24. The molecule has 4 N–H and O–H groups in total. The summed E-state index contributed by atoms with van der Waals surface area (Å²) < 4.78 is 0. The van der Waals surface area contributed by atoms with Gasteiger partial charge in [0.1, 0.15) is 5.82 Å². The van der Waals surface area contributed by atoms with E-state index in [9.17, 15) is 5.11 Å². The summed E-state index contributed by atoms with van der Waals surface area (Å²) in [6, 6.07) is 8.08. The van der Waals surface area contributed by atoms with E-state index in [4.69, 9.17) is 5.73 Å². The molecule has 7 heteroatoms. The van der Waals surface area contributed by atoms with Gasteiger partial charge in [0.05, 0.1) is 12.6 Å². The van der Waals surface area contributed by atoms with Crippen LogP contribution in [0.25, 0.3) is 0 Å². The van der Waals surface area contributed by atoms with Gasteiger partial charge in [0.2, 0.25) is 11.9 Å². The Kier molecular flexibility index (Phi) is 5.45. The molecule has 1 aliphatic heterocycles. The van der Waals surface area contributed by atoms with Crippen molar-refractivity contribution < 1.29 is 5.11 Å². The zero-order valence-electron chi connectivity index (χ0n) is 14.8. The maximum atomic E-state index is 9.74. The van der Waals surface area contributed by atoms with E-state index in [0.29, 0.717) is 24.2 Å². The van der Waals surface area contributed by atoms with Crippen molar-refractivity contribution in [3.8, 4) is 0 Å². The number of nitrogens with one attached hydrogen (secondary N) is 1. The minimum atomic E-state index is -0.281. The van der Waals surface area contributed by atoms with E-state index in [2.05, 4.69) is 38.2 Å². The van der Waals surface area contributed by atoms with E-state index in [1.807, 2.05) is 25.1 Å². The van der Waals surface area contributed by atoms with Crippen LogP contribution in [0.3, 0.4) is 0 Å². The lowest BCUT2D eigenvalue weighted by molar-refractivity contribution is 0.127. The van der Waals surface area contributed by atoms with Crippen molar-refractivity contribution in [2.45, 2.75) is 39.3 Å². The summed E-state index contributed by atoms with van der Waals surface area (Å²) in [4.78, 5) is 15.2. The number of aromatic nitrogens is 3. The number of aliphatic hydroxyl groups excluding tert-OH is 1. The summed E-state index contributed by atoms with van der Waals surface area (Å²) >= 11 is 0. The van der Waals surface area contributed by atoms with Crippen molar-refractivity contribution in [2.75, 3.05) is 24.1 Å². The highest BCUT2D eigenvalue weighted by Gasteiger charge is 2.26. The first-order valence-electron chi connectivity index (χ1n) is 8.81. The number of benzene rings is 1. The minimum Gasteiger partial charge on any atom is -0.393 e. The molecule has 0 spiro atoms. The average molecular weight is 342 g/mol. The fraction of sp³-hybridized carbons (Fsp3) is 0.500. The van der Waals surface area contributed by atoms with E-state index >= 15 is 0 Å².